The number of primary amides is 1. The van der Waals surface area contributed by atoms with E-state index in [0.29, 0.717) is 6.42 Å². The van der Waals surface area contributed by atoms with Gasteiger partial charge >= 0.3 is 7.60 Å². The van der Waals surface area contributed by atoms with E-state index >= 15 is 0 Å². The quantitative estimate of drug-likeness (QED) is 0.577. The second-order valence-corrected chi connectivity index (χ2v) is 6.62. The third-order valence-corrected chi connectivity index (χ3v) is 4.46. The highest BCUT2D eigenvalue weighted by Crippen LogP contribution is 2.45. The summed E-state index contributed by atoms with van der Waals surface area (Å²) in [6.45, 7) is 0. The van der Waals surface area contributed by atoms with E-state index in [2.05, 4.69) is 4.98 Å². The molecule has 8 nitrogen and oxygen atoms in total. The molecule has 6 N–H and O–H groups in total. The van der Waals surface area contributed by atoms with Gasteiger partial charge in [0.05, 0.1) is 12.5 Å². The first-order chi connectivity index (χ1) is 8.78. The van der Waals surface area contributed by atoms with Crippen LogP contribution >= 0.6 is 7.60 Å². The number of nitrogen functional groups attached to an aromatic ring is 1. The third kappa shape index (κ3) is 3.15. The Hall–Kier alpha value is -1.37. The lowest BCUT2D eigenvalue weighted by Crippen LogP contribution is -2.15. The van der Waals surface area contributed by atoms with Crippen LogP contribution in [0.15, 0.2) is 6.33 Å². The molecule has 1 aromatic rings. The predicted octanol–water partition coefficient (Wildman–Crippen LogP) is 0.0831. The molecule has 0 bridgehead atoms. The number of aromatic nitrogens is 2. The average Bonchev–Trinajstić information content (AvgIpc) is 2.82. The Bertz CT molecular complexity index is 538. The molecule has 0 radical (unpaired) electrons. The molecule has 0 aromatic carbocycles. The number of rotatable bonds is 4. The zero-order valence-electron chi connectivity index (χ0n) is 10.3. The number of imidazole rings is 1. The zero-order chi connectivity index (χ0) is 14.2. The van der Waals surface area contributed by atoms with Crippen molar-refractivity contribution < 1.29 is 19.1 Å². The van der Waals surface area contributed by atoms with Gasteiger partial charge < -0.3 is 25.8 Å². The summed E-state index contributed by atoms with van der Waals surface area (Å²) in [6.07, 6.45) is 3.44. The van der Waals surface area contributed by atoms with E-state index in [4.69, 9.17) is 21.3 Å². The van der Waals surface area contributed by atoms with Crippen molar-refractivity contribution in [1.29, 1.82) is 0 Å². The molecule has 1 amide bonds. The second kappa shape index (κ2) is 4.96. The molecule has 2 atom stereocenters. The maximum atomic E-state index is 11.1. The maximum absolute atomic E-state index is 11.1. The lowest BCUT2D eigenvalue weighted by atomic mass is 10.1. The van der Waals surface area contributed by atoms with Gasteiger partial charge in [0.25, 0.3) is 5.91 Å². The molecule has 1 aliphatic carbocycles. The lowest BCUT2D eigenvalue weighted by molar-refractivity contribution is 0.0997. The van der Waals surface area contributed by atoms with Crippen LogP contribution in [0.25, 0.3) is 0 Å². The summed E-state index contributed by atoms with van der Waals surface area (Å²) < 4.78 is 12.6. The molecular weight excluding hydrogens is 271 g/mol. The minimum atomic E-state index is -3.99. The molecule has 2 unspecified atom stereocenters. The van der Waals surface area contributed by atoms with Gasteiger partial charge in [-0.05, 0) is 25.2 Å². The first-order valence-electron chi connectivity index (χ1n) is 5.94. The smallest absolute Gasteiger partial charge is 0.325 e. The number of carbonyl (C=O) groups is 1. The fourth-order valence-electron chi connectivity index (χ4n) is 2.65. The van der Waals surface area contributed by atoms with Crippen molar-refractivity contribution >= 4 is 19.3 Å². The first kappa shape index (κ1) is 14.0. The Morgan fingerprint density at radius 2 is 2.21 bits per heavy atom. The molecule has 19 heavy (non-hydrogen) atoms. The summed E-state index contributed by atoms with van der Waals surface area (Å²) in [7, 11) is -3.99. The van der Waals surface area contributed by atoms with Gasteiger partial charge in [0.2, 0.25) is 0 Å². The molecule has 0 saturated heterocycles. The first-order valence-corrected chi connectivity index (χ1v) is 7.74. The average molecular weight is 288 g/mol. The molecule has 0 spiro atoms. The van der Waals surface area contributed by atoms with Gasteiger partial charge in [-0.3, -0.25) is 9.36 Å². The van der Waals surface area contributed by atoms with E-state index < -0.39 is 13.5 Å². The molecule has 106 valence electrons. The van der Waals surface area contributed by atoms with Gasteiger partial charge in [-0.25, -0.2) is 4.98 Å². The van der Waals surface area contributed by atoms with Gasteiger partial charge in [-0.2, -0.15) is 0 Å². The number of hydrogen-bond acceptors (Lipinski definition) is 4. The lowest BCUT2D eigenvalue weighted by Gasteiger charge is -2.14. The van der Waals surface area contributed by atoms with Gasteiger partial charge in [0.15, 0.2) is 5.69 Å². The SMILES string of the molecule is NC(=O)c1ncn(C2CCC(CP(=O)(O)O)C2)c1N. The molecule has 1 aromatic heterocycles. The molecule has 1 aliphatic rings. The number of nitrogens with zero attached hydrogens (tertiary/aromatic N) is 2. The Morgan fingerprint density at radius 3 is 2.74 bits per heavy atom. The number of amides is 1. The number of hydrogen-bond donors (Lipinski definition) is 4. The Kier molecular flexibility index (Phi) is 3.66. The van der Waals surface area contributed by atoms with E-state index in [1.165, 1.54) is 6.33 Å². The van der Waals surface area contributed by atoms with E-state index in [-0.39, 0.29) is 29.6 Å². The van der Waals surface area contributed by atoms with Crippen molar-refractivity contribution in [1.82, 2.24) is 9.55 Å². The van der Waals surface area contributed by atoms with Crippen LogP contribution in [-0.2, 0) is 4.57 Å². The predicted molar refractivity (Wildman–Crippen MR) is 68.4 cm³/mol. The van der Waals surface area contributed by atoms with Crippen LogP contribution in [0.1, 0.15) is 35.8 Å². The minimum absolute atomic E-state index is 0.0112. The molecule has 1 heterocycles. The van der Waals surface area contributed by atoms with Crippen LogP contribution < -0.4 is 11.5 Å². The van der Waals surface area contributed by atoms with Crippen LogP contribution in [0, 0.1) is 5.92 Å². The zero-order valence-corrected chi connectivity index (χ0v) is 11.2. The monoisotopic (exact) mass is 288 g/mol. The van der Waals surface area contributed by atoms with Crippen LogP contribution in [0.2, 0.25) is 0 Å². The number of anilines is 1. The van der Waals surface area contributed by atoms with Crippen molar-refractivity contribution in [2.24, 2.45) is 11.7 Å². The van der Waals surface area contributed by atoms with Gasteiger partial charge in [-0.1, -0.05) is 0 Å². The Labute approximate surface area is 110 Å². The van der Waals surface area contributed by atoms with Crippen molar-refractivity contribution in [3.05, 3.63) is 12.0 Å². The van der Waals surface area contributed by atoms with Crippen LogP contribution in [0.4, 0.5) is 5.82 Å². The maximum Gasteiger partial charge on any atom is 0.325 e. The second-order valence-electron chi connectivity index (χ2n) is 4.93. The summed E-state index contributed by atoms with van der Waals surface area (Å²) in [5.74, 6) is -0.500. The highest BCUT2D eigenvalue weighted by Gasteiger charge is 2.32. The van der Waals surface area contributed by atoms with E-state index in [1.807, 2.05) is 0 Å². The molecule has 9 heteroatoms. The summed E-state index contributed by atoms with van der Waals surface area (Å²) in [5.41, 5.74) is 11.0. The van der Waals surface area contributed by atoms with Crippen LogP contribution in [0.3, 0.4) is 0 Å². The third-order valence-electron chi connectivity index (χ3n) is 3.47. The van der Waals surface area contributed by atoms with Gasteiger partial charge in [-0.15, -0.1) is 0 Å². The van der Waals surface area contributed by atoms with Crippen LogP contribution in [0.5, 0.6) is 0 Å². The minimum Gasteiger partial charge on any atom is -0.383 e. The van der Waals surface area contributed by atoms with Gasteiger partial charge in [0, 0.05) is 6.04 Å². The van der Waals surface area contributed by atoms with Gasteiger partial charge in [0.1, 0.15) is 5.82 Å². The largest absolute Gasteiger partial charge is 0.383 e. The van der Waals surface area contributed by atoms with Crippen molar-refractivity contribution in [2.75, 3.05) is 11.9 Å². The van der Waals surface area contributed by atoms with Crippen molar-refractivity contribution in [2.45, 2.75) is 25.3 Å². The number of carbonyl (C=O) groups excluding carboxylic acids is 1. The summed E-state index contributed by atoms with van der Waals surface area (Å²) in [6, 6.07) is 0.0112. The molecule has 1 saturated carbocycles. The van der Waals surface area contributed by atoms with E-state index in [1.54, 1.807) is 4.57 Å². The standard InChI is InChI=1S/C10H17N4O4P/c11-9-8(10(12)15)13-5-14(9)7-2-1-6(3-7)4-19(16,17)18/h5-7H,1-4,11H2,(H2,12,15)(H2,16,17,18). The Balaban J connectivity index is 2.09. The summed E-state index contributed by atoms with van der Waals surface area (Å²) in [4.78, 5) is 32.9. The molecule has 0 aliphatic heterocycles. The van der Waals surface area contributed by atoms with E-state index in [0.717, 1.165) is 12.8 Å². The van der Waals surface area contributed by atoms with E-state index in [9.17, 15) is 9.36 Å². The fraction of sp³-hybridized carbons (Fsp3) is 0.600. The molecule has 2 rings (SSSR count). The normalized spacial score (nSPS) is 23.7. The summed E-state index contributed by atoms with van der Waals surface area (Å²) >= 11 is 0. The van der Waals surface area contributed by atoms with Crippen molar-refractivity contribution in [3.8, 4) is 0 Å². The number of nitrogens with two attached hydrogens (primary N) is 2. The molecule has 1 fully saturated rings. The fourth-order valence-corrected chi connectivity index (χ4v) is 3.66. The Morgan fingerprint density at radius 1 is 1.53 bits per heavy atom. The van der Waals surface area contributed by atoms with Crippen molar-refractivity contribution in [3.63, 3.8) is 0 Å². The summed E-state index contributed by atoms with van der Waals surface area (Å²) in [5, 5.41) is 0. The van der Waals surface area contributed by atoms with Crippen LogP contribution in [-0.4, -0.2) is 31.4 Å². The molecular formula is C10H17N4O4P. The highest BCUT2D eigenvalue weighted by molar-refractivity contribution is 7.51. The topological polar surface area (TPSA) is 144 Å². The highest BCUT2D eigenvalue weighted by atomic mass is 31.2.